The van der Waals surface area contributed by atoms with Gasteiger partial charge in [0.2, 0.25) is 0 Å². The van der Waals surface area contributed by atoms with Crippen LogP contribution in [-0.2, 0) is 4.79 Å². The van der Waals surface area contributed by atoms with Gasteiger partial charge in [0.1, 0.15) is 5.60 Å². The second-order valence-corrected chi connectivity index (χ2v) is 3.80. The van der Waals surface area contributed by atoms with Crippen LogP contribution in [0.25, 0.3) is 0 Å². The average molecular weight is 187 g/mol. The van der Waals surface area contributed by atoms with Crippen LogP contribution in [0.4, 0.5) is 0 Å². The second-order valence-electron chi connectivity index (χ2n) is 3.80. The smallest absolute Gasteiger partial charge is 0.252 e. The van der Waals surface area contributed by atoms with Gasteiger partial charge in [-0.25, -0.2) is 0 Å². The van der Waals surface area contributed by atoms with Crippen molar-refractivity contribution in [2.24, 2.45) is 0 Å². The van der Waals surface area contributed by atoms with E-state index >= 15 is 0 Å². The number of hydrogen-bond acceptors (Lipinski definition) is 3. The lowest BCUT2D eigenvalue weighted by atomic mass is 10.0. The highest BCUT2D eigenvalue weighted by molar-refractivity contribution is 5.85. The Hall–Kier alpha value is -0.610. The lowest BCUT2D eigenvalue weighted by molar-refractivity contribution is -0.139. The molecule has 1 atom stereocenters. The second kappa shape index (κ2) is 4.07. The number of aliphatic hydroxyl groups excluding tert-OH is 1. The molecule has 1 fully saturated rings. The van der Waals surface area contributed by atoms with Gasteiger partial charge in [0, 0.05) is 6.54 Å². The van der Waals surface area contributed by atoms with Crippen molar-refractivity contribution in [2.45, 2.75) is 44.3 Å². The van der Waals surface area contributed by atoms with Gasteiger partial charge in [-0.3, -0.25) is 4.79 Å². The molecule has 4 nitrogen and oxygen atoms in total. The van der Waals surface area contributed by atoms with Crippen LogP contribution in [0.3, 0.4) is 0 Å². The molecule has 3 N–H and O–H groups in total. The zero-order valence-corrected chi connectivity index (χ0v) is 7.92. The van der Waals surface area contributed by atoms with E-state index in [9.17, 15) is 9.90 Å². The minimum atomic E-state index is -1.17. The Morgan fingerprint density at radius 3 is 2.54 bits per heavy atom. The lowest BCUT2D eigenvalue weighted by Gasteiger charge is -2.21. The van der Waals surface area contributed by atoms with Crippen LogP contribution in [0.5, 0.6) is 0 Å². The van der Waals surface area contributed by atoms with Crippen molar-refractivity contribution in [3.05, 3.63) is 0 Å². The number of rotatable bonds is 3. The Kier molecular flexibility index (Phi) is 3.27. The summed E-state index contributed by atoms with van der Waals surface area (Å²) in [6, 6.07) is 0. The Bertz CT molecular complexity index is 185. The third-order valence-electron chi connectivity index (χ3n) is 2.41. The summed E-state index contributed by atoms with van der Waals surface area (Å²) in [7, 11) is 0. The summed E-state index contributed by atoms with van der Waals surface area (Å²) in [5, 5.41) is 21.2. The molecule has 13 heavy (non-hydrogen) atoms. The minimum absolute atomic E-state index is 0.209. The van der Waals surface area contributed by atoms with Gasteiger partial charge in [-0.15, -0.1) is 0 Å². The number of carbonyl (C=O) groups is 1. The van der Waals surface area contributed by atoms with Crippen LogP contribution in [0.15, 0.2) is 0 Å². The van der Waals surface area contributed by atoms with E-state index in [4.69, 9.17) is 5.11 Å². The molecule has 0 unspecified atom stereocenters. The van der Waals surface area contributed by atoms with Gasteiger partial charge in [-0.1, -0.05) is 0 Å². The summed E-state index contributed by atoms with van der Waals surface area (Å²) in [6.45, 7) is 1.81. The fraction of sp³-hybridized carbons (Fsp3) is 0.889. The summed E-state index contributed by atoms with van der Waals surface area (Å²) >= 11 is 0. The Labute approximate surface area is 78.0 Å². The van der Waals surface area contributed by atoms with E-state index in [1.807, 2.05) is 0 Å². The molecule has 0 radical (unpaired) electrons. The van der Waals surface area contributed by atoms with Crippen molar-refractivity contribution < 1.29 is 15.0 Å². The highest BCUT2D eigenvalue weighted by atomic mass is 16.3. The van der Waals surface area contributed by atoms with Gasteiger partial charge in [0.05, 0.1) is 6.10 Å². The first-order chi connectivity index (χ1) is 6.04. The molecule has 1 aliphatic rings. The third kappa shape index (κ3) is 2.67. The molecule has 0 aromatic carbocycles. The lowest BCUT2D eigenvalue weighted by Crippen LogP contribution is -2.46. The Balaban J connectivity index is 2.38. The van der Waals surface area contributed by atoms with E-state index in [1.165, 1.54) is 0 Å². The topological polar surface area (TPSA) is 69.6 Å². The van der Waals surface area contributed by atoms with Gasteiger partial charge in [-0.2, -0.15) is 0 Å². The molecular weight excluding hydrogens is 170 g/mol. The molecule has 0 saturated heterocycles. The number of amides is 1. The van der Waals surface area contributed by atoms with Crippen molar-refractivity contribution in [1.82, 2.24) is 5.32 Å². The zero-order valence-electron chi connectivity index (χ0n) is 7.92. The van der Waals surface area contributed by atoms with Crippen LogP contribution in [-0.4, -0.2) is 34.4 Å². The first kappa shape index (κ1) is 10.5. The van der Waals surface area contributed by atoms with E-state index in [1.54, 1.807) is 6.92 Å². The molecule has 76 valence electrons. The van der Waals surface area contributed by atoms with Gasteiger partial charge in [0.15, 0.2) is 0 Å². The summed E-state index contributed by atoms with van der Waals surface area (Å²) in [4.78, 5) is 11.4. The van der Waals surface area contributed by atoms with E-state index in [0.29, 0.717) is 12.8 Å². The van der Waals surface area contributed by atoms with Crippen molar-refractivity contribution in [3.8, 4) is 0 Å². The first-order valence-electron chi connectivity index (χ1n) is 4.73. The van der Waals surface area contributed by atoms with Crippen LogP contribution in [0, 0.1) is 0 Å². The molecule has 1 saturated carbocycles. The van der Waals surface area contributed by atoms with Gasteiger partial charge in [-0.05, 0) is 32.6 Å². The Morgan fingerprint density at radius 1 is 1.54 bits per heavy atom. The van der Waals surface area contributed by atoms with E-state index in [0.717, 1.165) is 12.8 Å². The molecule has 0 aromatic rings. The van der Waals surface area contributed by atoms with Gasteiger partial charge < -0.3 is 15.5 Å². The fourth-order valence-electron chi connectivity index (χ4n) is 1.59. The van der Waals surface area contributed by atoms with Crippen molar-refractivity contribution in [3.63, 3.8) is 0 Å². The predicted octanol–water partition coefficient (Wildman–Crippen LogP) is -0.212. The Morgan fingerprint density at radius 2 is 2.08 bits per heavy atom. The maximum Gasteiger partial charge on any atom is 0.252 e. The highest BCUT2D eigenvalue weighted by Crippen LogP contribution is 2.29. The summed E-state index contributed by atoms with van der Waals surface area (Å²) < 4.78 is 0. The largest absolute Gasteiger partial charge is 0.392 e. The molecule has 1 rings (SSSR count). The molecule has 0 bridgehead atoms. The quantitative estimate of drug-likeness (QED) is 0.572. The van der Waals surface area contributed by atoms with Crippen LogP contribution in [0.2, 0.25) is 0 Å². The van der Waals surface area contributed by atoms with Crippen molar-refractivity contribution in [1.29, 1.82) is 0 Å². The maximum absolute atomic E-state index is 11.4. The molecule has 0 aliphatic heterocycles. The standard InChI is InChI=1S/C9H17NO3/c1-7(11)6-10-8(12)9(13)4-2-3-5-9/h7,11,13H,2-6H2,1H3,(H,10,12)/t7-/m1/s1. The molecule has 0 spiro atoms. The maximum atomic E-state index is 11.4. The minimum Gasteiger partial charge on any atom is -0.392 e. The number of aliphatic hydroxyl groups is 2. The number of nitrogens with one attached hydrogen (secondary N) is 1. The summed E-state index contributed by atoms with van der Waals surface area (Å²) in [5.74, 6) is -0.342. The molecule has 1 aliphatic carbocycles. The van der Waals surface area contributed by atoms with Gasteiger partial charge >= 0.3 is 0 Å². The van der Waals surface area contributed by atoms with E-state index in [2.05, 4.69) is 5.32 Å². The average Bonchev–Trinajstić information content (AvgIpc) is 2.49. The fourth-order valence-corrected chi connectivity index (χ4v) is 1.59. The SMILES string of the molecule is C[C@@H](O)CNC(=O)C1(O)CCCC1. The van der Waals surface area contributed by atoms with Crippen LogP contribution >= 0.6 is 0 Å². The first-order valence-corrected chi connectivity index (χ1v) is 4.73. The highest BCUT2D eigenvalue weighted by Gasteiger charge is 2.38. The normalized spacial score (nSPS) is 22.7. The van der Waals surface area contributed by atoms with E-state index in [-0.39, 0.29) is 12.5 Å². The number of hydrogen-bond donors (Lipinski definition) is 3. The van der Waals surface area contributed by atoms with Gasteiger partial charge in [0.25, 0.3) is 5.91 Å². The molecular formula is C9H17NO3. The molecule has 0 aromatic heterocycles. The van der Waals surface area contributed by atoms with E-state index < -0.39 is 11.7 Å². The van der Waals surface area contributed by atoms with Crippen LogP contribution in [0.1, 0.15) is 32.6 Å². The zero-order chi connectivity index (χ0) is 9.90. The summed E-state index contributed by atoms with van der Waals surface area (Å²) in [6.07, 6.45) is 2.32. The molecule has 1 amide bonds. The third-order valence-corrected chi connectivity index (χ3v) is 2.41. The van der Waals surface area contributed by atoms with Crippen molar-refractivity contribution >= 4 is 5.91 Å². The number of carbonyl (C=O) groups excluding carboxylic acids is 1. The summed E-state index contributed by atoms with van der Waals surface area (Å²) in [5.41, 5.74) is -1.17. The molecule has 4 heteroatoms. The monoisotopic (exact) mass is 187 g/mol. The van der Waals surface area contributed by atoms with Crippen molar-refractivity contribution in [2.75, 3.05) is 6.54 Å². The molecule has 0 heterocycles. The predicted molar refractivity (Wildman–Crippen MR) is 48.1 cm³/mol. The van der Waals surface area contributed by atoms with Crippen LogP contribution < -0.4 is 5.32 Å².